The molecule has 4 heterocycles. The molecule has 1 saturated heterocycles. The molecule has 31 heavy (non-hydrogen) atoms. The van der Waals surface area contributed by atoms with Crippen molar-refractivity contribution in [3.05, 3.63) is 62.1 Å². The van der Waals surface area contributed by atoms with E-state index in [0.717, 1.165) is 35.7 Å². The van der Waals surface area contributed by atoms with Crippen molar-refractivity contribution < 1.29 is 4.79 Å². The molecule has 0 bridgehead atoms. The number of hydrogen-bond acceptors (Lipinski definition) is 7. The van der Waals surface area contributed by atoms with Gasteiger partial charge in [0.15, 0.2) is 0 Å². The summed E-state index contributed by atoms with van der Waals surface area (Å²) in [6.07, 6.45) is 2.52. The van der Waals surface area contributed by atoms with Crippen molar-refractivity contribution in [2.24, 2.45) is 7.05 Å². The minimum absolute atomic E-state index is 0.166. The highest BCUT2D eigenvalue weighted by Crippen LogP contribution is 2.33. The Labute approximate surface area is 185 Å². The third-order valence-corrected chi connectivity index (χ3v) is 6.69. The molecule has 0 spiro atoms. The average molecular weight is 439 g/mol. The Bertz CT molecular complexity index is 1180. The molecule has 1 N–H and O–H groups in total. The van der Waals surface area contributed by atoms with Gasteiger partial charge in [0.25, 0.3) is 11.5 Å². The summed E-state index contributed by atoms with van der Waals surface area (Å²) >= 11 is 1.50. The topological polar surface area (TPSA) is 93.0 Å². The highest BCUT2D eigenvalue weighted by molar-refractivity contribution is 7.15. The standard InChI is InChI=1S/C22H26N6O2S/c1-5-18-25-26-22(31-18)24-17-10-6-8-15(23-17)16-9-7-11-28(16)21(30)19-13(2)12-14(3)27(4)20(19)29/h6,8,10,12,16H,5,7,9,11H2,1-4H3,(H,23,24,26)/t16-/m0/s1. The maximum Gasteiger partial charge on any atom is 0.263 e. The van der Waals surface area contributed by atoms with Crippen LogP contribution in [0.3, 0.4) is 0 Å². The zero-order valence-electron chi connectivity index (χ0n) is 18.2. The summed E-state index contributed by atoms with van der Waals surface area (Å²) in [7, 11) is 1.70. The van der Waals surface area contributed by atoms with Crippen molar-refractivity contribution in [2.45, 2.75) is 46.1 Å². The van der Waals surface area contributed by atoms with Crippen LogP contribution in [-0.2, 0) is 13.5 Å². The van der Waals surface area contributed by atoms with Crippen LogP contribution in [0, 0.1) is 13.8 Å². The summed E-state index contributed by atoms with van der Waals surface area (Å²) in [6.45, 7) is 6.33. The van der Waals surface area contributed by atoms with Crippen LogP contribution in [-0.4, -0.2) is 37.1 Å². The van der Waals surface area contributed by atoms with Gasteiger partial charge in [0, 0.05) is 19.3 Å². The van der Waals surface area contributed by atoms with E-state index in [0.29, 0.717) is 23.1 Å². The molecule has 1 atom stereocenters. The van der Waals surface area contributed by atoms with E-state index in [1.807, 2.05) is 45.0 Å². The van der Waals surface area contributed by atoms with Crippen LogP contribution in [0.2, 0.25) is 0 Å². The maximum atomic E-state index is 13.4. The normalized spacial score (nSPS) is 16.0. The minimum atomic E-state index is -0.250. The Kier molecular flexibility index (Phi) is 5.86. The summed E-state index contributed by atoms with van der Waals surface area (Å²) in [6, 6.07) is 7.44. The average Bonchev–Trinajstić information content (AvgIpc) is 3.42. The lowest BCUT2D eigenvalue weighted by molar-refractivity contribution is 0.0729. The highest BCUT2D eigenvalue weighted by atomic mass is 32.1. The predicted molar refractivity (Wildman–Crippen MR) is 121 cm³/mol. The molecular weight excluding hydrogens is 412 g/mol. The highest BCUT2D eigenvalue weighted by Gasteiger charge is 2.33. The van der Waals surface area contributed by atoms with E-state index in [2.05, 4.69) is 15.5 Å². The molecule has 3 aromatic heterocycles. The monoisotopic (exact) mass is 438 g/mol. The van der Waals surface area contributed by atoms with Gasteiger partial charge in [-0.2, -0.15) is 0 Å². The first-order valence-corrected chi connectivity index (χ1v) is 11.2. The van der Waals surface area contributed by atoms with Gasteiger partial charge in [-0.05, 0) is 56.9 Å². The van der Waals surface area contributed by atoms with Crippen molar-refractivity contribution in [3.8, 4) is 0 Å². The number of likely N-dealkylation sites (tertiary alicyclic amines) is 1. The number of aryl methyl sites for hydroxylation is 3. The number of nitrogens with zero attached hydrogens (tertiary/aromatic N) is 5. The smallest absolute Gasteiger partial charge is 0.263 e. The number of nitrogens with one attached hydrogen (secondary N) is 1. The van der Waals surface area contributed by atoms with E-state index in [-0.39, 0.29) is 23.1 Å². The molecule has 0 aliphatic carbocycles. The lowest BCUT2D eigenvalue weighted by atomic mass is 10.1. The van der Waals surface area contributed by atoms with Gasteiger partial charge in [-0.1, -0.05) is 24.3 Å². The summed E-state index contributed by atoms with van der Waals surface area (Å²) in [5.74, 6) is 0.440. The van der Waals surface area contributed by atoms with Crippen LogP contribution in [0.25, 0.3) is 0 Å². The van der Waals surface area contributed by atoms with Gasteiger partial charge in [0.2, 0.25) is 5.13 Å². The number of carbonyl (C=O) groups is 1. The van der Waals surface area contributed by atoms with Crippen molar-refractivity contribution in [1.29, 1.82) is 0 Å². The quantitative estimate of drug-likeness (QED) is 0.655. The van der Waals surface area contributed by atoms with Gasteiger partial charge in [0.05, 0.1) is 11.7 Å². The molecule has 162 valence electrons. The number of hydrogen-bond donors (Lipinski definition) is 1. The third-order valence-electron chi connectivity index (χ3n) is 5.71. The third kappa shape index (κ3) is 4.10. The zero-order valence-corrected chi connectivity index (χ0v) is 19.0. The fourth-order valence-electron chi connectivity index (χ4n) is 3.96. The van der Waals surface area contributed by atoms with Gasteiger partial charge in [-0.25, -0.2) is 4.98 Å². The first-order chi connectivity index (χ1) is 14.9. The Morgan fingerprint density at radius 2 is 2.10 bits per heavy atom. The lowest BCUT2D eigenvalue weighted by Crippen LogP contribution is -2.37. The lowest BCUT2D eigenvalue weighted by Gasteiger charge is -2.25. The van der Waals surface area contributed by atoms with E-state index >= 15 is 0 Å². The van der Waals surface area contributed by atoms with Crippen LogP contribution in [0.4, 0.5) is 10.9 Å². The molecule has 1 amide bonds. The van der Waals surface area contributed by atoms with Crippen molar-refractivity contribution in [2.75, 3.05) is 11.9 Å². The molecule has 0 aromatic carbocycles. The molecule has 1 aliphatic rings. The van der Waals surface area contributed by atoms with Crippen LogP contribution >= 0.6 is 11.3 Å². The summed E-state index contributed by atoms with van der Waals surface area (Å²) in [4.78, 5) is 32.7. The van der Waals surface area contributed by atoms with E-state index in [1.54, 1.807) is 11.9 Å². The van der Waals surface area contributed by atoms with Gasteiger partial charge >= 0.3 is 0 Å². The van der Waals surface area contributed by atoms with Gasteiger partial charge < -0.3 is 14.8 Å². The number of carbonyl (C=O) groups excluding carboxylic acids is 1. The number of aromatic nitrogens is 4. The van der Waals surface area contributed by atoms with E-state index in [4.69, 9.17) is 4.98 Å². The molecule has 1 aliphatic heterocycles. The Morgan fingerprint density at radius 3 is 2.84 bits per heavy atom. The summed E-state index contributed by atoms with van der Waals surface area (Å²) in [5.41, 5.74) is 2.34. The molecule has 1 fully saturated rings. The Morgan fingerprint density at radius 1 is 1.29 bits per heavy atom. The fraction of sp³-hybridized carbons (Fsp3) is 0.409. The molecule has 9 heteroatoms. The van der Waals surface area contributed by atoms with E-state index in [1.165, 1.54) is 15.9 Å². The minimum Gasteiger partial charge on any atom is -0.330 e. The number of pyridine rings is 2. The van der Waals surface area contributed by atoms with Crippen molar-refractivity contribution in [1.82, 2.24) is 24.6 Å². The molecule has 0 radical (unpaired) electrons. The molecule has 3 aromatic rings. The van der Waals surface area contributed by atoms with Gasteiger partial charge in [-0.15, -0.1) is 10.2 Å². The fourth-order valence-corrected chi connectivity index (χ4v) is 4.65. The zero-order chi connectivity index (χ0) is 22.1. The first-order valence-electron chi connectivity index (χ1n) is 10.4. The Hall–Kier alpha value is -3.07. The van der Waals surface area contributed by atoms with E-state index < -0.39 is 0 Å². The van der Waals surface area contributed by atoms with Crippen LogP contribution in [0.15, 0.2) is 29.1 Å². The molecular formula is C22H26N6O2S. The number of anilines is 2. The van der Waals surface area contributed by atoms with E-state index in [9.17, 15) is 9.59 Å². The molecule has 0 saturated carbocycles. The van der Waals surface area contributed by atoms with Crippen molar-refractivity contribution in [3.63, 3.8) is 0 Å². The maximum absolute atomic E-state index is 13.4. The SMILES string of the molecule is CCc1nnc(Nc2cccc([C@@H]3CCCN3C(=O)c3c(C)cc(C)n(C)c3=O)n2)s1. The van der Waals surface area contributed by atoms with Gasteiger partial charge in [-0.3, -0.25) is 9.59 Å². The second-order valence-corrected chi connectivity index (χ2v) is 8.85. The second kappa shape index (κ2) is 8.58. The Balaban J connectivity index is 1.61. The predicted octanol–water partition coefficient (Wildman–Crippen LogP) is 3.53. The summed E-state index contributed by atoms with van der Waals surface area (Å²) in [5, 5.41) is 13.1. The second-order valence-electron chi connectivity index (χ2n) is 7.79. The number of amides is 1. The molecule has 0 unspecified atom stereocenters. The van der Waals surface area contributed by atoms with Crippen molar-refractivity contribution >= 4 is 28.2 Å². The number of rotatable bonds is 5. The molecule has 4 rings (SSSR count). The van der Waals surface area contributed by atoms with Crippen LogP contribution in [0.1, 0.15) is 58.1 Å². The van der Waals surface area contributed by atoms with Crippen LogP contribution < -0.4 is 10.9 Å². The summed E-state index contributed by atoms with van der Waals surface area (Å²) < 4.78 is 1.53. The van der Waals surface area contributed by atoms with Gasteiger partial charge in [0.1, 0.15) is 16.4 Å². The first kappa shape index (κ1) is 21.2. The molecule has 8 nitrogen and oxygen atoms in total. The van der Waals surface area contributed by atoms with Crippen LogP contribution in [0.5, 0.6) is 0 Å². The largest absolute Gasteiger partial charge is 0.330 e.